The molecule has 7 rings (SSSR count). The van der Waals surface area contributed by atoms with Crippen LogP contribution < -0.4 is 5.73 Å². The molecule has 2 aliphatic rings. The summed E-state index contributed by atoms with van der Waals surface area (Å²) in [6.07, 6.45) is 5.62. The Hall–Kier alpha value is -3.90. The Morgan fingerprint density at radius 2 is 1.64 bits per heavy atom. The van der Waals surface area contributed by atoms with Gasteiger partial charge in [0.25, 0.3) is 10.2 Å². The molecule has 5 aromatic rings. The van der Waals surface area contributed by atoms with Gasteiger partial charge in [-0.05, 0) is 25.0 Å². The average molecular weight is 583 g/mol. The fourth-order valence-electron chi connectivity index (χ4n) is 6.24. The van der Waals surface area contributed by atoms with E-state index in [1.54, 1.807) is 24.6 Å². The Kier molecular flexibility index (Phi) is 6.69. The lowest BCUT2D eigenvalue weighted by Gasteiger charge is -2.46. The first-order valence-corrected chi connectivity index (χ1v) is 15.7. The van der Waals surface area contributed by atoms with Gasteiger partial charge in [-0.25, -0.2) is 15.0 Å². The average Bonchev–Trinajstić information content (AvgIpc) is 3.37. The van der Waals surface area contributed by atoms with Crippen molar-refractivity contribution in [2.24, 2.45) is 0 Å². The molecule has 10 nitrogen and oxygen atoms in total. The summed E-state index contributed by atoms with van der Waals surface area (Å²) in [6.45, 7) is 2.51. The Labute approximate surface area is 245 Å². The maximum absolute atomic E-state index is 12.5. The summed E-state index contributed by atoms with van der Waals surface area (Å²) >= 11 is 0. The lowest BCUT2D eigenvalue weighted by Crippen LogP contribution is -2.56. The molecule has 1 saturated carbocycles. The first-order valence-electron chi connectivity index (χ1n) is 14.3. The molecule has 1 aliphatic carbocycles. The van der Waals surface area contributed by atoms with Gasteiger partial charge in [-0.2, -0.15) is 17.0 Å². The summed E-state index contributed by atoms with van der Waals surface area (Å²) in [4.78, 5) is 17.0. The van der Waals surface area contributed by atoms with E-state index in [1.165, 1.54) is 4.31 Å². The maximum atomic E-state index is 12.5. The van der Waals surface area contributed by atoms with E-state index in [0.717, 1.165) is 70.7 Å². The summed E-state index contributed by atoms with van der Waals surface area (Å²) < 4.78 is 30.0. The predicted octanol–water partition coefficient (Wildman–Crippen LogP) is 3.86. The van der Waals surface area contributed by atoms with E-state index in [1.807, 2.05) is 24.4 Å². The van der Waals surface area contributed by atoms with Crippen molar-refractivity contribution in [1.29, 1.82) is 0 Å². The highest BCUT2D eigenvalue weighted by Crippen LogP contribution is 2.42. The van der Waals surface area contributed by atoms with Gasteiger partial charge in [0.15, 0.2) is 0 Å². The molecule has 2 fully saturated rings. The molecule has 1 aliphatic heterocycles. The number of hydrogen-bond donors (Lipinski definition) is 1. The normalized spacial score (nSPS) is 20.4. The number of nitrogens with zero attached hydrogens (tertiary/aromatic N) is 7. The zero-order valence-electron chi connectivity index (χ0n) is 23.8. The van der Waals surface area contributed by atoms with Crippen molar-refractivity contribution in [2.45, 2.75) is 24.8 Å². The molecule has 216 valence electrons. The predicted molar refractivity (Wildman–Crippen MR) is 165 cm³/mol. The Morgan fingerprint density at radius 3 is 2.38 bits per heavy atom. The number of nitrogens with two attached hydrogens (primary N) is 1. The maximum Gasteiger partial charge on any atom is 0.281 e. The number of aromatic nitrogens is 4. The summed E-state index contributed by atoms with van der Waals surface area (Å²) in [5.41, 5.74) is 11.9. The largest absolute Gasteiger partial charge is 0.382 e. The Bertz CT molecular complexity index is 1880. The van der Waals surface area contributed by atoms with Crippen molar-refractivity contribution in [3.05, 3.63) is 78.9 Å². The molecule has 0 atom stereocenters. The molecule has 42 heavy (non-hydrogen) atoms. The van der Waals surface area contributed by atoms with Crippen LogP contribution in [0, 0.1) is 0 Å². The third-order valence-electron chi connectivity index (χ3n) is 8.70. The second kappa shape index (κ2) is 10.4. The number of rotatable bonds is 6. The molecule has 4 heterocycles. The molecule has 0 radical (unpaired) electrons. The number of nitrogen functional groups attached to an aromatic ring is 1. The van der Waals surface area contributed by atoms with Gasteiger partial charge < -0.3 is 5.73 Å². The van der Waals surface area contributed by atoms with Crippen LogP contribution in [0.2, 0.25) is 0 Å². The molecular weight excluding hydrogens is 548 g/mol. The van der Waals surface area contributed by atoms with Crippen LogP contribution in [0.1, 0.15) is 24.6 Å². The number of pyridine rings is 1. The van der Waals surface area contributed by atoms with Crippen molar-refractivity contribution in [3.63, 3.8) is 0 Å². The molecule has 0 amide bonds. The van der Waals surface area contributed by atoms with Gasteiger partial charge >= 0.3 is 0 Å². The molecule has 0 unspecified atom stereocenters. The van der Waals surface area contributed by atoms with Crippen molar-refractivity contribution < 1.29 is 8.42 Å². The van der Waals surface area contributed by atoms with E-state index in [2.05, 4.69) is 56.7 Å². The number of piperazine rings is 1. The second-order valence-electron chi connectivity index (χ2n) is 11.4. The van der Waals surface area contributed by atoms with Crippen LogP contribution in [0.15, 0.2) is 73.1 Å². The van der Waals surface area contributed by atoms with Gasteiger partial charge in [-0.15, -0.1) is 0 Å². The molecule has 11 heteroatoms. The minimum atomic E-state index is -3.37. The standard InChI is InChI=1S/C31H34N8O2S/c1-36(2)42(40,41)38-16-14-37(15-17-38)25-18-24(19-25)31-35-28(29-30(32)33-12-13-39(29)31)23-9-8-22-10-11-26(34-27(22)20-23)21-6-4-3-5-7-21/h3-13,20,24-25H,14-19H2,1-2H3,(H2,32,33)/t24-,25+. The van der Waals surface area contributed by atoms with Crippen LogP contribution in [0.5, 0.6) is 0 Å². The number of fused-ring (bicyclic) bond motifs is 2. The summed E-state index contributed by atoms with van der Waals surface area (Å²) in [5.74, 6) is 1.72. The van der Waals surface area contributed by atoms with Gasteiger partial charge in [0, 0.05) is 81.1 Å². The molecule has 3 aromatic heterocycles. The van der Waals surface area contributed by atoms with Crippen LogP contribution in [-0.4, -0.2) is 87.6 Å². The van der Waals surface area contributed by atoms with Gasteiger partial charge in [0.1, 0.15) is 22.9 Å². The van der Waals surface area contributed by atoms with E-state index in [0.29, 0.717) is 24.9 Å². The topological polar surface area (TPSA) is 113 Å². The summed E-state index contributed by atoms with van der Waals surface area (Å²) in [5, 5.41) is 1.06. The summed E-state index contributed by atoms with van der Waals surface area (Å²) in [7, 11) is -0.203. The first-order chi connectivity index (χ1) is 20.3. The third kappa shape index (κ3) is 4.62. The smallest absolute Gasteiger partial charge is 0.281 e. The van der Waals surface area contributed by atoms with Gasteiger partial charge in [0.05, 0.1) is 11.2 Å². The highest BCUT2D eigenvalue weighted by Gasteiger charge is 2.40. The lowest BCUT2D eigenvalue weighted by atomic mass is 9.78. The molecular formula is C31H34N8O2S. The summed E-state index contributed by atoms with van der Waals surface area (Å²) in [6, 6.07) is 21.0. The highest BCUT2D eigenvalue weighted by molar-refractivity contribution is 7.86. The SMILES string of the molecule is CN(C)S(=O)(=O)N1CCN([C@H]2C[C@@H](c3nc(-c4ccc5ccc(-c6ccccc6)nc5c4)c4c(N)nccn43)C2)CC1. The second-order valence-corrected chi connectivity index (χ2v) is 13.5. The molecule has 2 aromatic carbocycles. The number of hydrogen-bond acceptors (Lipinski definition) is 7. The van der Waals surface area contributed by atoms with E-state index >= 15 is 0 Å². The van der Waals surface area contributed by atoms with Crippen molar-refractivity contribution >= 4 is 32.4 Å². The van der Waals surface area contributed by atoms with Gasteiger partial charge in [-0.3, -0.25) is 9.30 Å². The lowest BCUT2D eigenvalue weighted by molar-refractivity contribution is 0.0718. The van der Waals surface area contributed by atoms with Crippen LogP contribution in [0.3, 0.4) is 0 Å². The fourth-order valence-corrected chi connectivity index (χ4v) is 7.32. The van der Waals surface area contributed by atoms with E-state index < -0.39 is 10.2 Å². The van der Waals surface area contributed by atoms with Crippen LogP contribution in [0.25, 0.3) is 38.9 Å². The molecule has 1 saturated heterocycles. The highest BCUT2D eigenvalue weighted by atomic mass is 32.2. The first kappa shape index (κ1) is 27.0. The van der Waals surface area contributed by atoms with Crippen molar-refractivity contribution in [3.8, 4) is 22.5 Å². The molecule has 0 spiro atoms. The fraction of sp³-hybridized carbons (Fsp3) is 0.323. The molecule has 0 bridgehead atoms. The van der Waals surface area contributed by atoms with E-state index in [9.17, 15) is 8.42 Å². The number of imidazole rings is 1. The molecule has 2 N–H and O–H groups in total. The van der Waals surface area contributed by atoms with Crippen molar-refractivity contribution in [1.82, 2.24) is 32.9 Å². The Morgan fingerprint density at radius 1 is 0.905 bits per heavy atom. The van der Waals surface area contributed by atoms with Gasteiger partial charge in [-0.1, -0.05) is 48.5 Å². The van der Waals surface area contributed by atoms with E-state index in [-0.39, 0.29) is 5.92 Å². The Balaban J connectivity index is 1.15. The van der Waals surface area contributed by atoms with Gasteiger partial charge in [0.2, 0.25) is 0 Å². The monoisotopic (exact) mass is 582 g/mol. The zero-order valence-corrected chi connectivity index (χ0v) is 24.6. The van der Waals surface area contributed by atoms with Crippen LogP contribution in [0.4, 0.5) is 5.82 Å². The van der Waals surface area contributed by atoms with Crippen LogP contribution >= 0.6 is 0 Å². The zero-order chi connectivity index (χ0) is 29.0. The van der Waals surface area contributed by atoms with Crippen molar-refractivity contribution in [2.75, 3.05) is 46.0 Å². The minimum absolute atomic E-state index is 0.282. The van der Waals surface area contributed by atoms with E-state index in [4.69, 9.17) is 15.7 Å². The minimum Gasteiger partial charge on any atom is -0.382 e. The number of anilines is 1. The third-order valence-corrected chi connectivity index (χ3v) is 10.6. The number of benzene rings is 2. The van der Waals surface area contributed by atoms with Crippen LogP contribution in [-0.2, 0) is 10.2 Å². The quantitative estimate of drug-likeness (QED) is 0.324.